The molecule has 1 aliphatic rings. The Morgan fingerprint density at radius 3 is 2.85 bits per heavy atom. The van der Waals surface area contributed by atoms with Gasteiger partial charge in [0.1, 0.15) is 5.15 Å². The summed E-state index contributed by atoms with van der Waals surface area (Å²) in [4.78, 5) is 3.90. The van der Waals surface area contributed by atoms with Gasteiger partial charge in [-0.3, -0.25) is 0 Å². The fourth-order valence-electron chi connectivity index (χ4n) is 2.61. The first-order chi connectivity index (χ1) is 9.44. The van der Waals surface area contributed by atoms with Crippen LogP contribution in [0.15, 0.2) is 18.3 Å². The van der Waals surface area contributed by atoms with E-state index in [1.807, 2.05) is 6.92 Å². The van der Waals surface area contributed by atoms with E-state index in [-0.39, 0.29) is 24.3 Å². The number of rotatable bonds is 4. The molecule has 20 heavy (non-hydrogen) atoms. The number of pyridine rings is 1. The zero-order chi connectivity index (χ0) is 14.8. The van der Waals surface area contributed by atoms with Crippen LogP contribution in [0.25, 0.3) is 0 Å². The Hall–Kier alpha value is -0.690. The maximum Gasteiger partial charge on any atom is 0.218 e. The van der Waals surface area contributed by atoms with Crippen molar-refractivity contribution in [3.05, 3.63) is 29.0 Å². The molecule has 7 heteroatoms. The van der Waals surface area contributed by atoms with Crippen molar-refractivity contribution in [2.75, 3.05) is 13.2 Å². The highest BCUT2D eigenvalue weighted by Gasteiger charge is 2.35. The second kappa shape index (κ2) is 6.39. The first kappa shape index (κ1) is 15.7. The van der Waals surface area contributed by atoms with Crippen molar-refractivity contribution in [3.63, 3.8) is 0 Å². The SMILES string of the molecule is CC1CCCN(S(=O)(=O)Cc2ccc(Cl)nc2)C1CO. The fourth-order valence-corrected chi connectivity index (χ4v) is 4.58. The molecule has 0 saturated carbocycles. The molecule has 1 aromatic rings. The van der Waals surface area contributed by atoms with Crippen molar-refractivity contribution in [2.24, 2.45) is 5.92 Å². The molecule has 0 amide bonds. The lowest BCUT2D eigenvalue weighted by atomic mass is 9.93. The van der Waals surface area contributed by atoms with Crippen LogP contribution in [0.2, 0.25) is 5.15 Å². The highest BCUT2D eigenvalue weighted by Crippen LogP contribution is 2.27. The maximum absolute atomic E-state index is 12.5. The second-order valence-corrected chi connectivity index (χ2v) is 7.53. The highest BCUT2D eigenvalue weighted by atomic mass is 35.5. The minimum absolute atomic E-state index is 0.111. The van der Waals surface area contributed by atoms with Crippen molar-refractivity contribution in [3.8, 4) is 0 Å². The van der Waals surface area contributed by atoms with E-state index in [9.17, 15) is 13.5 Å². The number of aliphatic hydroxyl groups excluding tert-OH is 1. The third kappa shape index (κ3) is 3.49. The number of aliphatic hydroxyl groups is 1. The molecule has 0 aliphatic carbocycles. The van der Waals surface area contributed by atoms with E-state index in [2.05, 4.69) is 4.98 Å². The predicted molar refractivity (Wildman–Crippen MR) is 77.8 cm³/mol. The summed E-state index contributed by atoms with van der Waals surface area (Å²) in [6.07, 6.45) is 3.25. The fraction of sp³-hybridized carbons (Fsp3) is 0.615. The molecule has 1 aliphatic heterocycles. The van der Waals surface area contributed by atoms with E-state index in [0.717, 1.165) is 12.8 Å². The Morgan fingerprint density at radius 2 is 2.25 bits per heavy atom. The Bertz CT molecular complexity index is 547. The summed E-state index contributed by atoms with van der Waals surface area (Å²) in [5.74, 6) is 0.0623. The molecule has 5 nitrogen and oxygen atoms in total. The van der Waals surface area contributed by atoms with Crippen LogP contribution in [0.3, 0.4) is 0 Å². The molecule has 2 heterocycles. The van der Waals surface area contributed by atoms with Crippen molar-refractivity contribution < 1.29 is 13.5 Å². The van der Waals surface area contributed by atoms with Gasteiger partial charge in [-0.15, -0.1) is 0 Å². The van der Waals surface area contributed by atoms with Gasteiger partial charge in [-0.25, -0.2) is 13.4 Å². The summed E-state index contributed by atoms with van der Waals surface area (Å²) in [6.45, 7) is 2.31. The Kier molecular flexibility index (Phi) is 5.01. The zero-order valence-corrected chi connectivity index (χ0v) is 12.9. The van der Waals surface area contributed by atoms with Gasteiger partial charge in [0, 0.05) is 12.7 Å². The molecular formula is C13H19ClN2O3S. The summed E-state index contributed by atoms with van der Waals surface area (Å²) in [6, 6.07) is 2.91. The van der Waals surface area contributed by atoms with Gasteiger partial charge in [-0.1, -0.05) is 24.6 Å². The van der Waals surface area contributed by atoms with Gasteiger partial charge in [0.25, 0.3) is 0 Å². The van der Waals surface area contributed by atoms with Crippen LogP contribution < -0.4 is 0 Å². The van der Waals surface area contributed by atoms with Gasteiger partial charge in [0.15, 0.2) is 0 Å². The summed E-state index contributed by atoms with van der Waals surface area (Å²) in [7, 11) is -3.45. The van der Waals surface area contributed by atoms with Crippen LogP contribution in [0, 0.1) is 5.92 Å². The lowest BCUT2D eigenvalue weighted by Gasteiger charge is -2.37. The molecule has 0 bridgehead atoms. The first-order valence-electron chi connectivity index (χ1n) is 6.65. The Morgan fingerprint density at radius 1 is 1.50 bits per heavy atom. The van der Waals surface area contributed by atoms with E-state index in [1.165, 1.54) is 10.5 Å². The number of sulfonamides is 1. The number of piperidine rings is 1. The molecule has 0 spiro atoms. The number of halogens is 1. The number of hydrogen-bond acceptors (Lipinski definition) is 4. The third-order valence-corrected chi connectivity index (χ3v) is 5.84. The molecule has 0 radical (unpaired) electrons. The number of nitrogens with zero attached hydrogens (tertiary/aromatic N) is 2. The Balaban J connectivity index is 2.18. The largest absolute Gasteiger partial charge is 0.395 e. The quantitative estimate of drug-likeness (QED) is 0.857. The van der Waals surface area contributed by atoms with Gasteiger partial charge in [-0.2, -0.15) is 4.31 Å². The van der Waals surface area contributed by atoms with E-state index in [4.69, 9.17) is 11.6 Å². The first-order valence-corrected chi connectivity index (χ1v) is 8.63. The smallest absolute Gasteiger partial charge is 0.218 e. The molecule has 2 atom stereocenters. The average Bonchev–Trinajstić information content (AvgIpc) is 2.41. The van der Waals surface area contributed by atoms with E-state index >= 15 is 0 Å². The second-order valence-electron chi connectivity index (χ2n) is 5.23. The van der Waals surface area contributed by atoms with E-state index in [1.54, 1.807) is 12.1 Å². The molecule has 0 aromatic carbocycles. The van der Waals surface area contributed by atoms with Crippen molar-refractivity contribution in [1.29, 1.82) is 0 Å². The monoisotopic (exact) mass is 318 g/mol. The lowest BCUT2D eigenvalue weighted by molar-refractivity contribution is 0.113. The molecule has 2 rings (SSSR count). The predicted octanol–water partition coefficient (Wildman–Crippen LogP) is 1.66. The van der Waals surface area contributed by atoms with Gasteiger partial charge >= 0.3 is 0 Å². The molecule has 1 N–H and O–H groups in total. The highest BCUT2D eigenvalue weighted by molar-refractivity contribution is 7.88. The van der Waals surface area contributed by atoms with Gasteiger partial charge in [0.2, 0.25) is 10.0 Å². The standard InChI is InChI=1S/C13H19ClN2O3S/c1-10-3-2-6-16(12(10)8-17)20(18,19)9-11-4-5-13(14)15-7-11/h4-5,7,10,12,17H,2-3,6,8-9H2,1H3. The number of hydrogen-bond donors (Lipinski definition) is 1. The Labute approximate surface area is 124 Å². The topological polar surface area (TPSA) is 70.5 Å². The van der Waals surface area contributed by atoms with Gasteiger partial charge in [0.05, 0.1) is 18.4 Å². The van der Waals surface area contributed by atoms with Crippen LogP contribution in [-0.4, -0.2) is 42.0 Å². The van der Waals surface area contributed by atoms with Crippen molar-refractivity contribution in [2.45, 2.75) is 31.6 Å². The van der Waals surface area contributed by atoms with Crippen LogP contribution >= 0.6 is 11.6 Å². The van der Waals surface area contributed by atoms with Crippen LogP contribution in [-0.2, 0) is 15.8 Å². The molecular weight excluding hydrogens is 300 g/mol. The van der Waals surface area contributed by atoms with Crippen molar-refractivity contribution in [1.82, 2.24) is 9.29 Å². The lowest BCUT2D eigenvalue weighted by Crippen LogP contribution is -2.49. The van der Waals surface area contributed by atoms with Gasteiger partial charge in [-0.05, 0) is 30.4 Å². The van der Waals surface area contributed by atoms with E-state index in [0.29, 0.717) is 17.3 Å². The summed E-state index contributed by atoms with van der Waals surface area (Å²) < 4.78 is 26.5. The summed E-state index contributed by atoms with van der Waals surface area (Å²) in [5.41, 5.74) is 0.601. The molecule has 1 fully saturated rings. The minimum Gasteiger partial charge on any atom is -0.395 e. The zero-order valence-electron chi connectivity index (χ0n) is 11.4. The molecule has 112 valence electrons. The normalized spacial score (nSPS) is 24.8. The summed E-state index contributed by atoms with van der Waals surface area (Å²) in [5, 5.41) is 9.80. The van der Waals surface area contributed by atoms with Crippen LogP contribution in [0.5, 0.6) is 0 Å². The minimum atomic E-state index is -3.45. The van der Waals surface area contributed by atoms with Crippen LogP contribution in [0.4, 0.5) is 0 Å². The number of aromatic nitrogens is 1. The third-order valence-electron chi connectivity index (χ3n) is 3.75. The van der Waals surface area contributed by atoms with Gasteiger partial charge < -0.3 is 5.11 Å². The molecule has 1 aromatic heterocycles. The van der Waals surface area contributed by atoms with E-state index < -0.39 is 10.0 Å². The van der Waals surface area contributed by atoms with Crippen LogP contribution in [0.1, 0.15) is 25.3 Å². The maximum atomic E-state index is 12.5. The molecule has 2 unspecified atom stereocenters. The molecule has 1 saturated heterocycles. The average molecular weight is 319 g/mol. The summed E-state index contributed by atoms with van der Waals surface area (Å²) >= 11 is 5.69. The van der Waals surface area contributed by atoms with Crippen molar-refractivity contribution >= 4 is 21.6 Å².